The van der Waals surface area contributed by atoms with E-state index in [1.807, 2.05) is 0 Å². The number of ether oxygens (including phenoxy) is 1. The van der Waals surface area contributed by atoms with Gasteiger partial charge in [-0.05, 0) is 51.0 Å². The molecule has 0 aliphatic rings. The number of hydrogen-bond donors (Lipinski definition) is 2. The Morgan fingerprint density at radius 2 is 2.11 bits per heavy atom. The van der Waals surface area contributed by atoms with Crippen molar-refractivity contribution in [2.24, 2.45) is 0 Å². The normalized spacial score (nSPS) is 11.2. The third-order valence-corrected chi connectivity index (χ3v) is 2.07. The van der Waals surface area contributed by atoms with Crippen LogP contribution in [0.25, 0.3) is 0 Å². The van der Waals surface area contributed by atoms with Crippen LogP contribution in [0.15, 0.2) is 18.2 Å². The number of carbonyl (C=O) groups excluding carboxylic acids is 1. The van der Waals surface area contributed by atoms with Crippen LogP contribution >= 0.6 is 0 Å². The Bertz CT molecular complexity index is 427. The molecule has 0 radical (unpaired) electrons. The van der Waals surface area contributed by atoms with E-state index in [1.165, 1.54) is 18.2 Å². The fraction of sp³-hybridized carbons (Fsp3) is 0.462. The predicted molar refractivity (Wildman–Crippen MR) is 67.0 cm³/mol. The molecule has 0 spiro atoms. The molecule has 0 aliphatic carbocycles. The van der Waals surface area contributed by atoms with Gasteiger partial charge in [0.15, 0.2) is 0 Å². The van der Waals surface area contributed by atoms with Crippen LogP contribution in [0.5, 0.6) is 0 Å². The SMILES string of the molecule is CC(C)(C)OC(=O)Nc1ccc(F)c(CCO)c1. The molecule has 0 unspecified atom stereocenters. The average Bonchev–Trinajstić information content (AvgIpc) is 2.20. The first kappa shape index (κ1) is 14.4. The van der Waals surface area contributed by atoms with Gasteiger partial charge >= 0.3 is 6.09 Å². The van der Waals surface area contributed by atoms with Gasteiger partial charge in [-0.25, -0.2) is 9.18 Å². The molecule has 1 aromatic carbocycles. The van der Waals surface area contributed by atoms with E-state index < -0.39 is 17.5 Å². The molecule has 2 N–H and O–H groups in total. The summed E-state index contributed by atoms with van der Waals surface area (Å²) in [7, 11) is 0. The van der Waals surface area contributed by atoms with E-state index in [4.69, 9.17) is 9.84 Å². The Labute approximate surface area is 106 Å². The summed E-state index contributed by atoms with van der Waals surface area (Å²) in [6.07, 6.45) is -0.389. The predicted octanol–water partition coefficient (Wildman–Crippen LogP) is 2.71. The largest absolute Gasteiger partial charge is 0.444 e. The van der Waals surface area contributed by atoms with Crippen molar-refractivity contribution >= 4 is 11.8 Å². The Hall–Kier alpha value is -1.62. The molecule has 0 fully saturated rings. The summed E-state index contributed by atoms with van der Waals surface area (Å²) >= 11 is 0. The second-order valence-electron chi connectivity index (χ2n) is 4.91. The molecule has 0 saturated carbocycles. The lowest BCUT2D eigenvalue weighted by atomic mass is 10.1. The van der Waals surface area contributed by atoms with Crippen LogP contribution in [-0.4, -0.2) is 23.4 Å². The van der Waals surface area contributed by atoms with Crippen LogP contribution in [-0.2, 0) is 11.2 Å². The lowest BCUT2D eigenvalue weighted by Crippen LogP contribution is -2.27. The van der Waals surface area contributed by atoms with E-state index in [0.29, 0.717) is 11.3 Å². The van der Waals surface area contributed by atoms with E-state index in [0.717, 1.165) is 0 Å². The maximum atomic E-state index is 13.3. The summed E-state index contributed by atoms with van der Waals surface area (Å²) in [5, 5.41) is 11.3. The summed E-state index contributed by atoms with van der Waals surface area (Å²) in [5.74, 6) is -0.404. The number of hydrogen-bond acceptors (Lipinski definition) is 3. The molecule has 1 aromatic rings. The molecule has 1 rings (SSSR count). The third-order valence-electron chi connectivity index (χ3n) is 2.07. The van der Waals surface area contributed by atoms with Gasteiger partial charge < -0.3 is 9.84 Å². The number of aliphatic hydroxyl groups is 1. The van der Waals surface area contributed by atoms with Crippen molar-refractivity contribution < 1.29 is 19.0 Å². The Morgan fingerprint density at radius 3 is 2.67 bits per heavy atom. The highest BCUT2D eigenvalue weighted by atomic mass is 19.1. The minimum Gasteiger partial charge on any atom is -0.444 e. The first-order valence-corrected chi connectivity index (χ1v) is 5.71. The molecule has 4 nitrogen and oxygen atoms in total. The minimum absolute atomic E-state index is 0.146. The average molecular weight is 255 g/mol. The second kappa shape index (κ2) is 5.82. The number of rotatable bonds is 3. The van der Waals surface area contributed by atoms with Crippen LogP contribution < -0.4 is 5.32 Å². The van der Waals surface area contributed by atoms with Gasteiger partial charge in [-0.15, -0.1) is 0 Å². The van der Waals surface area contributed by atoms with Crippen molar-refractivity contribution in [1.82, 2.24) is 0 Å². The Morgan fingerprint density at radius 1 is 1.44 bits per heavy atom. The molecule has 0 atom stereocenters. The molecule has 0 aromatic heterocycles. The maximum Gasteiger partial charge on any atom is 0.412 e. The summed E-state index contributed by atoms with van der Waals surface area (Å²) in [5.41, 5.74) is 0.207. The van der Waals surface area contributed by atoms with Gasteiger partial charge in [0.1, 0.15) is 11.4 Å². The van der Waals surface area contributed by atoms with Crippen molar-refractivity contribution in [2.75, 3.05) is 11.9 Å². The monoisotopic (exact) mass is 255 g/mol. The van der Waals surface area contributed by atoms with Crippen molar-refractivity contribution in [3.63, 3.8) is 0 Å². The third kappa shape index (κ3) is 4.71. The number of nitrogens with one attached hydrogen (secondary N) is 1. The number of anilines is 1. The Kier molecular flexibility index (Phi) is 4.67. The van der Waals surface area contributed by atoms with Gasteiger partial charge in [-0.2, -0.15) is 0 Å². The van der Waals surface area contributed by atoms with Gasteiger partial charge in [0.2, 0.25) is 0 Å². The number of aliphatic hydroxyl groups excluding tert-OH is 1. The van der Waals surface area contributed by atoms with Gasteiger partial charge in [-0.3, -0.25) is 5.32 Å². The molecule has 0 aliphatic heterocycles. The maximum absolute atomic E-state index is 13.3. The van der Waals surface area contributed by atoms with Crippen LogP contribution in [0.4, 0.5) is 14.9 Å². The fourth-order valence-electron chi connectivity index (χ4n) is 1.39. The molecule has 0 heterocycles. The highest BCUT2D eigenvalue weighted by Gasteiger charge is 2.16. The number of benzene rings is 1. The first-order chi connectivity index (χ1) is 8.31. The lowest BCUT2D eigenvalue weighted by molar-refractivity contribution is 0.0636. The highest BCUT2D eigenvalue weighted by Crippen LogP contribution is 2.16. The zero-order valence-electron chi connectivity index (χ0n) is 10.8. The molecule has 1 amide bonds. The van der Waals surface area contributed by atoms with E-state index in [9.17, 15) is 9.18 Å². The summed E-state index contributed by atoms with van der Waals surface area (Å²) < 4.78 is 18.4. The fourth-order valence-corrected chi connectivity index (χ4v) is 1.39. The molecule has 100 valence electrons. The number of carbonyl (C=O) groups is 1. The standard InChI is InChI=1S/C13H18FNO3/c1-13(2,3)18-12(17)15-10-4-5-11(14)9(8-10)6-7-16/h4-5,8,16H,6-7H2,1-3H3,(H,15,17). The lowest BCUT2D eigenvalue weighted by Gasteiger charge is -2.19. The minimum atomic E-state index is -0.593. The molecule has 0 saturated heterocycles. The van der Waals surface area contributed by atoms with E-state index in [-0.39, 0.29) is 13.0 Å². The Balaban J connectivity index is 2.73. The smallest absolute Gasteiger partial charge is 0.412 e. The van der Waals surface area contributed by atoms with E-state index in [2.05, 4.69) is 5.32 Å². The summed E-state index contributed by atoms with van der Waals surface area (Å²) in [4.78, 5) is 11.5. The second-order valence-corrected chi connectivity index (χ2v) is 4.91. The van der Waals surface area contributed by atoms with Crippen molar-refractivity contribution in [1.29, 1.82) is 0 Å². The molecular weight excluding hydrogens is 237 g/mol. The van der Waals surface area contributed by atoms with Crippen molar-refractivity contribution in [2.45, 2.75) is 32.8 Å². The molecule has 18 heavy (non-hydrogen) atoms. The van der Waals surface area contributed by atoms with Gasteiger partial charge in [0, 0.05) is 12.3 Å². The summed E-state index contributed by atoms with van der Waals surface area (Å²) in [6, 6.07) is 4.17. The van der Waals surface area contributed by atoms with E-state index in [1.54, 1.807) is 20.8 Å². The molecule has 0 bridgehead atoms. The molecular formula is C13H18FNO3. The van der Waals surface area contributed by atoms with Crippen molar-refractivity contribution in [3.05, 3.63) is 29.6 Å². The highest BCUT2D eigenvalue weighted by molar-refractivity contribution is 5.84. The van der Waals surface area contributed by atoms with Crippen LogP contribution in [0, 0.1) is 5.82 Å². The van der Waals surface area contributed by atoms with Gasteiger partial charge in [0.25, 0.3) is 0 Å². The van der Waals surface area contributed by atoms with Crippen molar-refractivity contribution in [3.8, 4) is 0 Å². The zero-order valence-corrected chi connectivity index (χ0v) is 10.8. The number of amides is 1. The topological polar surface area (TPSA) is 58.6 Å². The van der Waals surface area contributed by atoms with Gasteiger partial charge in [-0.1, -0.05) is 0 Å². The molecule has 5 heteroatoms. The number of halogens is 1. The summed E-state index contributed by atoms with van der Waals surface area (Å²) in [6.45, 7) is 5.13. The van der Waals surface area contributed by atoms with Crippen LogP contribution in [0.3, 0.4) is 0 Å². The first-order valence-electron chi connectivity index (χ1n) is 5.71. The van der Waals surface area contributed by atoms with Crippen LogP contribution in [0.1, 0.15) is 26.3 Å². The van der Waals surface area contributed by atoms with Gasteiger partial charge in [0.05, 0.1) is 0 Å². The van der Waals surface area contributed by atoms with Crippen LogP contribution in [0.2, 0.25) is 0 Å². The zero-order chi connectivity index (χ0) is 13.8. The van der Waals surface area contributed by atoms with E-state index >= 15 is 0 Å². The quantitative estimate of drug-likeness (QED) is 0.873.